The highest BCUT2D eigenvalue weighted by atomic mass is 32.2. The van der Waals surface area contributed by atoms with E-state index < -0.39 is 10.0 Å². The van der Waals surface area contributed by atoms with Crippen LogP contribution in [0.15, 0.2) is 47.5 Å². The summed E-state index contributed by atoms with van der Waals surface area (Å²) in [6.07, 6.45) is 3.66. The van der Waals surface area contributed by atoms with Gasteiger partial charge in [-0.2, -0.15) is 5.10 Å². The fraction of sp³-hybridized carbons (Fsp3) is 0.333. The second-order valence-electron chi connectivity index (χ2n) is 7.79. The fourth-order valence-corrected chi connectivity index (χ4v) is 4.34. The number of hydrogen-bond donors (Lipinski definition) is 2. The quantitative estimate of drug-likeness (QED) is 0.647. The molecule has 7 nitrogen and oxygen atoms in total. The standard InChI is InChI=1S/C21H24N4O3S/c1-13(2)25-20-9-8-18(10-16(20)12-22-25)29(27,28)24-19-11-15(5-4-14(19)3)21(26)23-17-6-7-17/h4-5,8-13,17,24H,6-7H2,1-3H3,(H,23,26). The zero-order valence-electron chi connectivity index (χ0n) is 16.6. The van der Waals surface area contributed by atoms with E-state index in [1.54, 1.807) is 49.5 Å². The van der Waals surface area contributed by atoms with Gasteiger partial charge in [0.15, 0.2) is 0 Å². The average molecular weight is 413 g/mol. The topological polar surface area (TPSA) is 93.1 Å². The van der Waals surface area contributed by atoms with Crippen molar-refractivity contribution in [1.82, 2.24) is 15.1 Å². The van der Waals surface area contributed by atoms with E-state index >= 15 is 0 Å². The smallest absolute Gasteiger partial charge is 0.261 e. The number of benzene rings is 2. The molecule has 1 aliphatic carbocycles. The number of amides is 1. The van der Waals surface area contributed by atoms with E-state index in [2.05, 4.69) is 15.1 Å². The number of carbonyl (C=O) groups is 1. The minimum atomic E-state index is -3.81. The fourth-order valence-electron chi connectivity index (χ4n) is 3.18. The van der Waals surface area contributed by atoms with Crippen molar-refractivity contribution in [2.45, 2.75) is 50.6 Å². The lowest BCUT2D eigenvalue weighted by atomic mass is 10.1. The highest BCUT2D eigenvalue weighted by molar-refractivity contribution is 7.92. The van der Waals surface area contributed by atoms with Crippen molar-refractivity contribution in [3.63, 3.8) is 0 Å². The molecule has 0 aliphatic heterocycles. The van der Waals surface area contributed by atoms with E-state index in [1.165, 1.54) is 0 Å². The Morgan fingerprint density at radius 1 is 1.17 bits per heavy atom. The van der Waals surface area contributed by atoms with Gasteiger partial charge >= 0.3 is 0 Å². The molecular weight excluding hydrogens is 388 g/mol. The first-order valence-electron chi connectivity index (χ1n) is 9.66. The van der Waals surface area contributed by atoms with Crippen LogP contribution in [0.25, 0.3) is 10.9 Å². The zero-order chi connectivity index (χ0) is 20.8. The van der Waals surface area contributed by atoms with Gasteiger partial charge in [-0.15, -0.1) is 0 Å². The molecule has 2 aromatic carbocycles. The first-order chi connectivity index (χ1) is 13.7. The van der Waals surface area contributed by atoms with E-state index in [0.29, 0.717) is 11.3 Å². The summed E-state index contributed by atoms with van der Waals surface area (Å²) in [7, 11) is -3.81. The van der Waals surface area contributed by atoms with Gasteiger partial charge in [0.25, 0.3) is 15.9 Å². The molecule has 152 valence electrons. The minimum Gasteiger partial charge on any atom is -0.349 e. The molecule has 0 saturated heterocycles. The number of carbonyl (C=O) groups excluding carboxylic acids is 1. The summed E-state index contributed by atoms with van der Waals surface area (Å²) in [6.45, 7) is 5.85. The van der Waals surface area contributed by atoms with Gasteiger partial charge in [-0.1, -0.05) is 6.07 Å². The van der Waals surface area contributed by atoms with Crippen molar-refractivity contribution in [2.75, 3.05) is 4.72 Å². The lowest BCUT2D eigenvalue weighted by molar-refractivity contribution is 0.0951. The maximum Gasteiger partial charge on any atom is 0.261 e. The Hall–Kier alpha value is -2.87. The first kappa shape index (κ1) is 19.4. The molecule has 0 bridgehead atoms. The van der Waals surface area contributed by atoms with Crippen LogP contribution in [0.5, 0.6) is 0 Å². The summed E-state index contributed by atoms with van der Waals surface area (Å²) >= 11 is 0. The van der Waals surface area contributed by atoms with Crippen LogP contribution >= 0.6 is 0 Å². The molecule has 1 aromatic heterocycles. The Morgan fingerprint density at radius 3 is 2.62 bits per heavy atom. The lowest BCUT2D eigenvalue weighted by Gasteiger charge is -2.13. The number of aromatic nitrogens is 2. The summed E-state index contributed by atoms with van der Waals surface area (Å²) < 4.78 is 30.4. The number of fused-ring (bicyclic) bond motifs is 1. The second-order valence-corrected chi connectivity index (χ2v) is 9.47. The highest BCUT2D eigenvalue weighted by Crippen LogP contribution is 2.26. The molecule has 0 radical (unpaired) electrons. The molecule has 1 aliphatic rings. The van der Waals surface area contributed by atoms with Crippen LogP contribution in [0.4, 0.5) is 5.69 Å². The van der Waals surface area contributed by atoms with Crippen molar-refractivity contribution in [2.24, 2.45) is 0 Å². The molecule has 1 saturated carbocycles. The molecule has 0 atom stereocenters. The molecule has 1 amide bonds. The Kier molecular flexibility index (Phi) is 4.82. The number of nitrogens with zero attached hydrogens (tertiary/aromatic N) is 2. The molecular formula is C21H24N4O3S. The number of anilines is 1. The third-order valence-electron chi connectivity index (χ3n) is 5.02. The van der Waals surface area contributed by atoms with Crippen molar-refractivity contribution < 1.29 is 13.2 Å². The highest BCUT2D eigenvalue weighted by Gasteiger charge is 2.24. The van der Waals surface area contributed by atoms with E-state index in [4.69, 9.17) is 0 Å². The number of nitrogens with one attached hydrogen (secondary N) is 2. The molecule has 29 heavy (non-hydrogen) atoms. The van der Waals surface area contributed by atoms with Crippen molar-refractivity contribution in [3.05, 3.63) is 53.7 Å². The summed E-state index contributed by atoms with van der Waals surface area (Å²) in [5, 5.41) is 8.01. The van der Waals surface area contributed by atoms with Gasteiger partial charge in [-0.25, -0.2) is 8.42 Å². The third-order valence-corrected chi connectivity index (χ3v) is 6.39. The molecule has 3 aromatic rings. The Morgan fingerprint density at radius 2 is 1.93 bits per heavy atom. The van der Waals surface area contributed by atoms with E-state index in [9.17, 15) is 13.2 Å². The number of hydrogen-bond acceptors (Lipinski definition) is 4. The van der Waals surface area contributed by atoms with Gasteiger partial charge in [0.1, 0.15) is 0 Å². The van der Waals surface area contributed by atoms with Crippen molar-refractivity contribution >= 4 is 32.5 Å². The van der Waals surface area contributed by atoms with Crippen molar-refractivity contribution in [1.29, 1.82) is 0 Å². The van der Waals surface area contributed by atoms with Crippen LogP contribution in [-0.4, -0.2) is 30.1 Å². The van der Waals surface area contributed by atoms with Crippen LogP contribution in [0, 0.1) is 6.92 Å². The summed E-state index contributed by atoms with van der Waals surface area (Å²) in [6, 6.07) is 10.4. The summed E-state index contributed by atoms with van der Waals surface area (Å²) in [5.41, 5.74) is 2.46. The monoisotopic (exact) mass is 412 g/mol. The summed E-state index contributed by atoms with van der Waals surface area (Å²) in [5.74, 6) is -0.185. The Labute approximate surface area is 170 Å². The maximum atomic E-state index is 13.0. The first-order valence-corrected chi connectivity index (χ1v) is 11.1. The Bertz CT molecular complexity index is 1190. The molecule has 8 heteroatoms. The normalized spacial score (nSPS) is 14.3. The number of sulfonamides is 1. The minimum absolute atomic E-state index is 0.153. The van der Waals surface area contributed by atoms with E-state index in [1.807, 2.05) is 18.5 Å². The van der Waals surface area contributed by atoms with Gasteiger partial charge < -0.3 is 5.32 Å². The molecule has 1 fully saturated rings. The summed E-state index contributed by atoms with van der Waals surface area (Å²) in [4.78, 5) is 12.5. The van der Waals surface area contributed by atoms with E-state index in [0.717, 1.165) is 29.3 Å². The van der Waals surface area contributed by atoms with Gasteiger partial charge in [0, 0.05) is 23.0 Å². The largest absolute Gasteiger partial charge is 0.349 e. The van der Waals surface area contributed by atoms with Crippen LogP contribution in [0.2, 0.25) is 0 Å². The Balaban J connectivity index is 1.62. The second kappa shape index (κ2) is 7.18. The van der Waals surface area contributed by atoms with Gasteiger partial charge in [0.05, 0.1) is 22.3 Å². The number of rotatable bonds is 6. The molecule has 0 spiro atoms. The molecule has 4 rings (SSSR count). The van der Waals surface area contributed by atoms with Crippen LogP contribution in [0.1, 0.15) is 48.7 Å². The van der Waals surface area contributed by atoms with Gasteiger partial charge in [-0.05, 0) is 69.5 Å². The van der Waals surface area contributed by atoms with Crippen LogP contribution < -0.4 is 10.0 Å². The molecule has 2 N–H and O–H groups in total. The van der Waals surface area contributed by atoms with Gasteiger partial charge in [0.2, 0.25) is 0 Å². The maximum absolute atomic E-state index is 13.0. The van der Waals surface area contributed by atoms with E-state index in [-0.39, 0.29) is 22.9 Å². The molecule has 0 unspecified atom stereocenters. The molecule has 1 heterocycles. The van der Waals surface area contributed by atoms with Crippen molar-refractivity contribution in [3.8, 4) is 0 Å². The third kappa shape index (κ3) is 3.98. The lowest BCUT2D eigenvalue weighted by Crippen LogP contribution is -2.25. The van der Waals surface area contributed by atoms with Gasteiger partial charge in [-0.3, -0.25) is 14.2 Å². The predicted molar refractivity (Wildman–Crippen MR) is 113 cm³/mol. The van der Waals surface area contributed by atoms with Crippen LogP contribution in [-0.2, 0) is 10.0 Å². The number of aryl methyl sites for hydroxylation is 1. The van der Waals surface area contributed by atoms with Crippen LogP contribution in [0.3, 0.4) is 0 Å². The SMILES string of the molecule is Cc1ccc(C(=O)NC2CC2)cc1NS(=O)(=O)c1ccc2c(cnn2C(C)C)c1. The predicted octanol–water partition coefficient (Wildman–Crippen LogP) is 3.62. The zero-order valence-corrected chi connectivity index (χ0v) is 17.5. The average Bonchev–Trinajstić information content (AvgIpc) is 3.37.